The SMILES string of the molecule is CCC(=O)Nc1ccc(C(C)NC(=O)c2cc(F)c(F)cc2Cl)cc1. The van der Waals surface area contributed by atoms with E-state index in [2.05, 4.69) is 10.6 Å². The Morgan fingerprint density at radius 3 is 2.32 bits per heavy atom. The molecule has 132 valence electrons. The third kappa shape index (κ3) is 4.76. The van der Waals surface area contributed by atoms with Crippen molar-refractivity contribution in [2.75, 3.05) is 5.32 Å². The predicted octanol–water partition coefficient (Wildman–Crippen LogP) is 4.46. The lowest BCUT2D eigenvalue weighted by Gasteiger charge is -2.16. The second-order valence-corrected chi connectivity index (χ2v) is 5.87. The minimum absolute atomic E-state index is 0.0953. The Morgan fingerprint density at radius 2 is 1.72 bits per heavy atom. The third-order valence-electron chi connectivity index (χ3n) is 3.62. The quantitative estimate of drug-likeness (QED) is 0.768. The van der Waals surface area contributed by atoms with Gasteiger partial charge in [0, 0.05) is 12.1 Å². The highest BCUT2D eigenvalue weighted by Gasteiger charge is 2.17. The van der Waals surface area contributed by atoms with E-state index in [0.29, 0.717) is 12.1 Å². The molecule has 0 radical (unpaired) electrons. The Balaban J connectivity index is 2.08. The smallest absolute Gasteiger partial charge is 0.253 e. The van der Waals surface area contributed by atoms with E-state index in [1.54, 1.807) is 38.1 Å². The number of amides is 2. The summed E-state index contributed by atoms with van der Waals surface area (Å²) in [6.45, 7) is 3.50. The first-order valence-corrected chi connectivity index (χ1v) is 8.04. The summed E-state index contributed by atoms with van der Waals surface area (Å²) >= 11 is 5.80. The maximum atomic E-state index is 13.3. The summed E-state index contributed by atoms with van der Waals surface area (Å²) in [5, 5.41) is 5.23. The normalized spacial score (nSPS) is 11.7. The van der Waals surface area contributed by atoms with Gasteiger partial charge >= 0.3 is 0 Å². The molecular formula is C18H17ClF2N2O2. The van der Waals surface area contributed by atoms with Crippen LogP contribution in [0.1, 0.15) is 42.2 Å². The summed E-state index contributed by atoms with van der Waals surface area (Å²) in [7, 11) is 0. The zero-order valence-corrected chi connectivity index (χ0v) is 14.5. The molecule has 1 atom stereocenters. The van der Waals surface area contributed by atoms with Crippen LogP contribution in [0.5, 0.6) is 0 Å². The second kappa shape index (κ2) is 8.07. The first-order valence-electron chi connectivity index (χ1n) is 7.67. The van der Waals surface area contributed by atoms with Gasteiger partial charge in [-0.25, -0.2) is 8.78 Å². The molecule has 0 fully saturated rings. The largest absolute Gasteiger partial charge is 0.345 e. The summed E-state index contributed by atoms with van der Waals surface area (Å²) < 4.78 is 26.4. The Hall–Kier alpha value is -2.47. The third-order valence-corrected chi connectivity index (χ3v) is 3.93. The molecule has 7 heteroatoms. The molecule has 0 saturated carbocycles. The number of hydrogen-bond acceptors (Lipinski definition) is 2. The predicted molar refractivity (Wildman–Crippen MR) is 92.6 cm³/mol. The zero-order valence-electron chi connectivity index (χ0n) is 13.7. The summed E-state index contributed by atoms with van der Waals surface area (Å²) in [4.78, 5) is 23.6. The fourth-order valence-electron chi connectivity index (χ4n) is 2.16. The van der Waals surface area contributed by atoms with Crippen LogP contribution in [0.15, 0.2) is 36.4 Å². The van der Waals surface area contributed by atoms with Crippen molar-refractivity contribution in [3.05, 3.63) is 64.2 Å². The molecule has 0 bridgehead atoms. The van der Waals surface area contributed by atoms with Gasteiger partial charge in [-0.2, -0.15) is 0 Å². The Morgan fingerprint density at radius 1 is 1.12 bits per heavy atom. The molecule has 2 aromatic carbocycles. The monoisotopic (exact) mass is 366 g/mol. The van der Waals surface area contributed by atoms with E-state index in [-0.39, 0.29) is 16.5 Å². The maximum absolute atomic E-state index is 13.3. The van der Waals surface area contributed by atoms with Crippen molar-refractivity contribution in [2.24, 2.45) is 0 Å². The molecule has 0 saturated heterocycles. The first-order chi connectivity index (χ1) is 11.8. The van der Waals surface area contributed by atoms with Crippen molar-refractivity contribution in [2.45, 2.75) is 26.3 Å². The molecule has 0 aliphatic rings. The molecule has 2 N–H and O–H groups in total. The van der Waals surface area contributed by atoms with E-state index in [0.717, 1.165) is 17.7 Å². The fourth-order valence-corrected chi connectivity index (χ4v) is 2.39. The molecule has 25 heavy (non-hydrogen) atoms. The van der Waals surface area contributed by atoms with Gasteiger partial charge in [-0.15, -0.1) is 0 Å². The van der Waals surface area contributed by atoms with Gasteiger partial charge in [-0.1, -0.05) is 30.7 Å². The van der Waals surface area contributed by atoms with Crippen molar-refractivity contribution >= 4 is 29.1 Å². The van der Waals surface area contributed by atoms with Crippen LogP contribution < -0.4 is 10.6 Å². The number of anilines is 1. The fraction of sp³-hybridized carbons (Fsp3) is 0.222. The summed E-state index contributed by atoms with van der Waals surface area (Å²) in [5.41, 5.74) is 1.29. The number of carbonyl (C=O) groups is 2. The van der Waals surface area contributed by atoms with E-state index >= 15 is 0 Å². The Kier molecular flexibility index (Phi) is 6.09. The Bertz CT molecular complexity index is 794. The number of nitrogens with one attached hydrogen (secondary N) is 2. The van der Waals surface area contributed by atoms with E-state index in [9.17, 15) is 18.4 Å². The van der Waals surface area contributed by atoms with Crippen LogP contribution in [0.3, 0.4) is 0 Å². The van der Waals surface area contributed by atoms with E-state index in [4.69, 9.17) is 11.6 Å². The zero-order chi connectivity index (χ0) is 18.6. The van der Waals surface area contributed by atoms with Crippen LogP contribution in [-0.4, -0.2) is 11.8 Å². The lowest BCUT2D eigenvalue weighted by molar-refractivity contribution is -0.115. The minimum Gasteiger partial charge on any atom is -0.345 e. The van der Waals surface area contributed by atoms with Gasteiger partial charge in [-0.05, 0) is 36.8 Å². The number of rotatable bonds is 5. The highest BCUT2D eigenvalue weighted by molar-refractivity contribution is 6.33. The van der Waals surface area contributed by atoms with Crippen LogP contribution in [0.4, 0.5) is 14.5 Å². The van der Waals surface area contributed by atoms with Crippen LogP contribution in [0.25, 0.3) is 0 Å². The molecule has 2 amide bonds. The summed E-state index contributed by atoms with van der Waals surface area (Å²) in [6, 6.07) is 8.08. The highest BCUT2D eigenvalue weighted by atomic mass is 35.5. The summed E-state index contributed by atoms with van der Waals surface area (Å²) in [5.74, 6) is -2.96. The number of hydrogen-bond donors (Lipinski definition) is 2. The van der Waals surface area contributed by atoms with Crippen molar-refractivity contribution < 1.29 is 18.4 Å². The van der Waals surface area contributed by atoms with Gasteiger partial charge in [0.15, 0.2) is 11.6 Å². The van der Waals surface area contributed by atoms with Gasteiger partial charge in [-0.3, -0.25) is 9.59 Å². The lowest BCUT2D eigenvalue weighted by atomic mass is 10.1. The van der Waals surface area contributed by atoms with Crippen molar-refractivity contribution in [3.8, 4) is 0 Å². The molecule has 2 rings (SSSR count). The molecule has 1 unspecified atom stereocenters. The molecule has 0 spiro atoms. The molecule has 0 aliphatic carbocycles. The molecule has 0 aliphatic heterocycles. The van der Waals surface area contributed by atoms with E-state index < -0.39 is 23.6 Å². The van der Waals surface area contributed by atoms with Crippen molar-refractivity contribution in [3.63, 3.8) is 0 Å². The average molecular weight is 367 g/mol. The van der Waals surface area contributed by atoms with Gasteiger partial charge in [0.05, 0.1) is 16.6 Å². The van der Waals surface area contributed by atoms with Gasteiger partial charge in [0.2, 0.25) is 5.91 Å². The molecule has 2 aromatic rings. The van der Waals surface area contributed by atoms with Crippen LogP contribution in [-0.2, 0) is 4.79 Å². The average Bonchev–Trinajstić information content (AvgIpc) is 2.58. The number of carbonyl (C=O) groups excluding carboxylic acids is 2. The first kappa shape index (κ1) is 18.9. The van der Waals surface area contributed by atoms with Crippen molar-refractivity contribution in [1.82, 2.24) is 5.32 Å². The van der Waals surface area contributed by atoms with Gasteiger partial charge in [0.1, 0.15) is 0 Å². The molecule has 0 aromatic heterocycles. The van der Waals surface area contributed by atoms with Gasteiger partial charge in [0.25, 0.3) is 5.91 Å². The molecule has 0 heterocycles. The van der Waals surface area contributed by atoms with Crippen LogP contribution in [0, 0.1) is 11.6 Å². The van der Waals surface area contributed by atoms with Crippen LogP contribution >= 0.6 is 11.6 Å². The number of benzene rings is 2. The van der Waals surface area contributed by atoms with E-state index in [1.807, 2.05) is 0 Å². The standard InChI is InChI=1S/C18H17ClF2N2O2/c1-3-17(24)23-12-6-4-11(5-7-12)10(2)22-18(25)13-8-15(20)16(21)9-14(13)19/h4-10H,3H2,1-2H3,(H,22,25)(H,23,24). The maximum Gasteiger partial charge on any atom is 0.253 e. The minimum atomic E-state index is -1.14. The summed E-state index contributed by atoms with van der Waals surface area (Å²) in [6.07, 6.45) is 0.378. The highest BCUT2D eigenvalue weighted by Crippen LogP contribution is 2.22. The lowest BCUT2D eigenvalue weighted by Crippen LogP contribution is -2.27. The second-order valence-electron chi connectivity index (χ2n) is 5.47. The number of halogens is 3. The topological polar surface area (TPSA) is 58.2 Å². The molecule has 4 nitrogen and oxygen atoms in total. The van der Waals surface area contributed by atoms with Gasteiger partial charge < -0.3 is 10.6 Å². The van der Waals surface area contributed by atoms with Crippen LogP contribution in [0.2, 0.25) is 5.02 Å². The molecular weight excluding hydrogens is 350 g/mol. The van der Waals surface area contributed by atoms with E-state index in [1.165, 1.54) is 0 Å². The van der Waals surface area contributed by atoms with Crippen molar-refractivity contribution in [1.29, 1.82) is 0 Å². The Labute approximate surface area is 149 Å².